The summed E-state index contributed by atoms with van der Waals surface area (Å²) >= 11 is 7.12. The van der Waals surface area contributed by atoms with Crippen LogP contribution >= 0.6 is 23.4 Å². The highest BCUT2D eigenvalue weighted by atomic mass is 35.5. The van der Waals surface area contributed by atoms with E-state index in [0.717, 1.165) is 5.69 Å². The molecule has 0 aliphatic heterocycles. The van der Waals surface area contributed by atoms with Crippen LogP contribution in [0.5, 0.6) is 0 Å². The molecule has 0 unspecified atom stereocenters. The molecule has 2 aromatic rings. The lowest BCUT2D eigenvalue weighted by Gasteiger charge is -2.19. The zero-order chi connectivity index (χ0) is 15.6. The van der Waals surface area contributed by atoms with Crippen LogP contribution in [0.4, 0.5) is 0 Å². The summed E-state index contributed by atoms with van der Waals surface area (Å²) in [5, 5.41) is 11.1. The number of halogens is 1. The van der Waals surface area contributed by atoms with Gasteiger partial charge in [-0.15, -0.1) is 0 Å². The lowest BCUT2D eigenvalue weighted by atomic mass is 9.91. The number of carbonyl (C=O) groups is 1. The van der Waals surface area contributed by atoms with Gasteiger partial charge in [0.05, 0.1) is 10.6 Å². The highest BCUT2D eigenvalue weighted by Gasteiger charge is 2.19. The second kappa shape index (κ2) is 6.03. The van der Waals surface area contributed by atoms with Gasteiger partial charge in [0.15, 0.2) is 0 Å². The molecule has 21 heavy (non-hydrogen) atoms. The zero-order valence-corrected chi connectivity index (χ0v) is 13.5. The molecule has 6 heteroatoms. The molecule has 2 aromatic heterocycles. The molecule has 0 saturated heterocycles. The minimum Gasteiger partial charge on any atom is -0.478 e. The lowest BCUT2D eigenvalue weighted by molar-refractivity contribution is 0.0696. The summed E-state index contributed by atoms with van der Waals surface area (Å²) < 4.78 is 0. The van der Waals surface area contributed by atoms with Gasteiger partial charge in [-0.05, 0) is 24.3 Å². The van der Waals surface area contributed by atoms with Crippen LogP contribution in [0.3, 0.4) is 0 Å². The van der Waals surface area contributed by atoms with Crippen LogP contribution in [0.25, 0.3) is 0 Å². The number of aromatic nitrogens is 2. The largest absolute Gasteiger partial charge is 0.478 e. The van der Waals surface area contributed by atoms with Crippen molar-refractivity contribution in [1.29, 1.82) is 0 Å². The van der Waals surface area contributed by atoms with Crippen molar-refractivity contribution in [3.05, 3.63) is 46.7 Å². The molecular weight excluding hydrogens is 308 g/mol. The monoisotopic (exact) mass is 322 g/mol. The van der Waals surface area contributed by atoms with Gasteiger partial charge in [0, 0.05) is 17.3 Å². The van der Waals surface area contributed by atoms with Crippen LogP contribution in [-0.4, -0.2) is 21.0 Å². The van der Waals surface area contributed by atoms with E-state index in [0.29, 0.717) is 15.1 Å². The van der Waals surface area contributed by atoms with Gasteiger partial charge in [0.2, 0.25) is 0 Å². The summed E-state index contributed by atoms with van der Waals surface area (Å²) in [6.45, 7) is 5.99. The second-order valence-electron chi connectivity index (χ2n) is 5.55. The minimum atomic E-state index is -0.964. The van der Waals surface area contributed by atoms with Crippen molar-refractivity contribution in [2.24, 2.45) is 0 Å². The maximum absolute atomic E-state index is 11.3. The van der Waals surface area contributed by atoms with E-state index in [1.807, 2.05) is 20.8 Å². The highest BCUT2D eigenvalue weighted by molar-refractivity contribution is 7.99. The van der Waals surface area contributed by atoms with Crippen LogP contribution in [0.15, 0.2) is 40.5 Å². The molecule has 0 amide bonds. The van der Waals surface area contributed by atoms with Crippen molar-refractivity contribution in [2.75, 3.05) is 0 Å². The van der Waals surface area contributed by atoms with Crippen molar-refractivity contribution in [3.8, 4) is 0 Å². The van der Waals surface area contributed by atoms with E-state index in [1.165, 1.54) is 11.8 Å². The van der Waals surface area contributed by atoms with Crippen molar-refractivity contribution >= 4 is 29.3 Å². The Kier molecular flexibility index (Phi) is 4.54. The van der Waals surface area contributed by atoms with E-state index in [4.69, 9.17) is 11.6 Å². The first-order chi connectivity index (χ1) is 9.75. The fourth-order valence-corrected chi connectivity index (χ4v) is 2.49. The number of pyridine rings is 2. The fraction of sp³-hybridized carbons (Fsp3) is 0.267. The average Bonchev–Trinajstić information content (AvgIpc) is 2.40. The number of nitrogens with zero attached hydrogens (tertiary/aromatic N) is 2. The summed E-state index contributed by atoms with van der Waals surface area (Å²) in [6, 6.07) is 6.68. The fourth-order valence-electron chi connectivity index (χ4n) is 1.59. The topological polar surface area (TPSA) is 63.1 Å². The maximum Gasteiger partial charge on any atom is 0.335 e. The summed E-state index contributed by atoms with van der Waals surface area (Å²) in [5.74, 6) is -0.964. The third-order valence-corrected chi connectivity index (χ3v) is 3.82. The summed E-state index contributed by atoms with van der Waals surface area (Å²) in [4.78, 5) is 20.0. The van der Waals surface area contributed by atoms with E-state index in [-0.39, 0.29) is 11.0 Å². The van der Waals surface area contributed by atoms with Gasteiger partial charge < -0.3 is 5.11 Å². The number of aromatic carboxylic acids is 1. The van der Waals surface area contributed by atoms with Gasteiger partial charge in [-0.1, -0.05) is 44.1 Å². The van der Waals surface area contributed by atoms with E-state index in [9.17, 15) is 9.90 Å². The Bertz CT molecular complexity index is 666. The first-order valence-corrected chi connectivity index (χ1v) is 7.50. The number of hydrogen-bond donors (Lipinski definition) is 1. The summed E-state index contributed by atoms with van der Waals surface area (Å²) in [5.41, 5.74) is 0.735. The number of carboxylic acids is 1. The van der Waals surface area contributed by atoms with Crippen LogP contribution in [0.2, 0.25) is 5.02 Å². The quantitative estimate of drug-likeness (QED) is 0.914. The Morgan fingerprint density at radius 2 is 1.95 bits per heavy atom. The molecule has 0 bridgehead atoms. The Hall–Kier alpha value is -1.59. The Morgan fingerprint density at radius 1 is 1.24 bits per heavy atom. The Labute approximate surface area is 132 Å². The molecule has 0 aliphatic rings. The zero-order valence-electron chi connectivity index (χ0n) is 11.9. The van der Waals surface area contributed by atoms with E-state index >= 15 is 0 Å². The SMILES string of the molecule is CC(C)(C)c1cc(C(=O)O)cc(Sc2ccc(Cl)cn2)n1. The molecule has 110 valence electrons. The molecular formula is C15H15ClN2O2S. The third kappa shape index (κ3) is 4.19. The Morgan fingerprint density at radius 3 is 2.48 bits per heavy atom. The Balaban J connectivity index is 2.40. The molecule has 0 aromatic carbocycles. The van der Waals surface area contributed by atoms with Gasteiger partial charge in [0.1, 0.15) is 10.1 Å². The van der Waals surface area contributed by atoms with Crippen molar-refractivity contribution in [1.82, 2.24) is 9.97 Å². The first kappa shape index (κ1) is 15.8. The molecule has 0 saturated carbocycles. The number of hydrogen-bond acceptors (Lipinski definition) is 4. The lowest BCUT2D eigenvalue weighted by Crippen LogP contribution is -2.15. The second-order valence-corrected chi connectivity index (χ2v) is 7.03. The smallest absolute Gasteiger partial charge is 0.335 e. The van der Waals surface area contributed by atoms with E-state index in [1.54, 1.807) is 30.5 Å². The average molecular weight is 323 g/mol. The van der Waals surface area contributed by atoms with E-state index in [2.05, 4.69) is 9.97 Å². The van der Waals surface area contributed by atoms with Gasteiger partial charge >= 0.3 is 5.97 Å². The predicted molar refractivity (Wildman–Crippen MR) is 83.3 cm³/mol. The molecule has 2 rings (SSSR count). The normalized spacial score (nSPS) is 11.4. The standard InChI is InChI=1S/C15H15ClN2O2S/c1-15(2,3)11-6-9(14(19)20)7-13(18-11)21-12-5-4-10(16)8-17-12/h4-8H,1-3H3,(H,19,20). The third-order valence-electron chi connectivity index (χ3n) is 2.73. The van der Waals surface area contributed by atoms with Crippen molar-refractivity contribution in [3.63, 3.8) is 0 Å². The highest BCUT2D eigenvalue weighted by Crippen LogP contribution is 2.29. The molecule has 2 heterocycles. The molecule has 4 nitrogen and oxygen atoms in total. The van der Waals surface area contributed by atoms with Gasteiger partial charge in [-0.3, -0.25) is 0 Å². The first-order valence-electron chi connectivity index (χ1n) is 6.31. The van der Waals surface area contributed by atoms with E-state index < -0.39 is 5.97 Å². The predicted octanol–water partition coefficient (Wildman–Crippen LogP) is 4.28. The van der Waals surface area contributed by atoms with Crippen LogP contribution in [0, 0.1) is 0 Å². The van der Waals surface area contributed by atoms with Crippen molar-refractivity contribution in [2.45, 2.75) is 36.2 Å². The molecule has 0 spiro atoms. The molecule has 0 atom stereocenters. The van der Waals surface area contributed by atoms with Gasteiger partial charge in [0.25, 0.3) is 0 Å². The summed E-state index contributed by atoms with van der Waals surface area (Å²) in [6.07, 6.45) is 1.55. The number of carboxylic acid groups (broad SMARTS) is 1. The summed E-state index contributed by atoms with van der Waals surface area (Å²) in [7, 11) is 0. The molecule has 0 fully saturated rings. The van der Waals surface area contributed by atoms with Crippen LogP contribution in [0.1, 0.15) is 36.8 Å². The number of rotatable bonds is 3. The molecule has 0 aliphatic carbocycles. The van der Waals surface area contributed by atoms with Gasteiger partial charge in [-0.25, -0.2) is 14.8 Å². The molecule has 0 radical (unpaired) electrons. The van der Waals surface area contributed by atoms with Gasteiger partial charge in [-0.2, -0.15) is 0 Å². The maximum atomic E-state index is 11.3. The van der Waals surface area contributed by atoms with Crippen LogP contribution in [-0.2, 0) is 5.41 Å². The van der Waals surface area contributed by atoms with Crippen molar-refractivity contribution < 1.29 is 9.90 Å². The molecule has 1 N–H and O–H groups in total. The van der Waals surface area contributed by atoms with Crippen LogP contribution < -0.4 is 0 Å². The minimum absolute atomic E-state index is 0.228.